The number of halogens is 1. The van der Waals surface area contributed by atoms with E-state index in [4.69, 9.17) is 18.4 Å². The van der Waals surface area contributed by atoms with E-state index in [2.05, 4.69) is 24.7 Å². The van der Waals surface area contributed by atoms with Crippen molar-refractivity contribution in [3.05, 3.63) is 40.9 Å². The molecule has 186 valence electrons. The average molecular weight is 566 g/mol. The molecule has 0 saturated carbocycles. The highest BCUT2D eigenvalue weighted by atomic mass is 32.2. The molecule has 1 saturated heterocycles. The number of carbonyl (C=O) groups excluding carboxylic acids is 3. The predicted molar refractivity (Wildman–Crippen MR) is 135 cm³/mol. The van der Waals surface area contributed by atoms with Crippen molar-refractivity contribution in [2.24, 2.45) is 12.2 Å². The summed E-state index contributed by atoms with van der Waals surface area (Å²) in [5, 5.41) is 5.85. The first-order chi connectivity index (χ1) is 17.3. The highest BCUT2D eigenvalue weighted by Crippen LogP contribution is 2.45. The van der Waals surface area contributed by atoms with E-state index in [1.165, 1.54) is 28.0 Å². The standard InChI is InChI=1S/C20H16FN7O4S4/c1-27-3-2-10-8(5-27)4-11(35-10)9-6-34-18-13(17(30)28(18)14(9)19(31)33)23-16(29)12(25-32-7-21)15-24-20(22)36-26-15/h2-5,13,18H,6-7H2,1H3,(H3-,22,23,24,26,29,31,33)/b25-12-/t13-,18-/m1/s1. The summed E-state index contributed by atoms with van der Waals surface area (Å²) in [6, 6.07) is 2.98. The quantitative estimate of drug-likeness (QED) is 0.139. The Morgan fingerprint density at radius 2 is 2.28 bits per heavy atom. The van der Waals surface area contributed by atoms with Crippen molar-refractivity contribution in [3.63, 3.8) is 0 Å². The van der Waals surface area contributed by atoms with Gasteiger partial charge >= 0.3 is 0 Å². The third-order valence-corrected chi connectivity index (χ3v) is 8.61. The van der Waals surface area contributed by atoms with Crippen molar-refractivity contribution in [1.82, 2.24) is 19.6 Å². The van der Waals surface area contributed by atoms with Gasteiger partial charge in [0.1, 0.15) is 18.5 Å². The fraction of sp³-hybridized carbons (Fsp3) is 0.250. The molecule has 0 unspecified atom stereocenters. The summed E-state index contributed by atoms with van der Waals surface area (Å²) in [7, 11) is 1.92. The molecule has 0 bridgehead atoms. The van der Waals surface area contributed by atoms with Crippen LogP contribution in [0.15, 0.2) is 35.4 Å². The third-order valence-electron chi connectivity index (χ3n) is 5.41. The van der Waals surface area contributed by atoms with Crippen LogP contribution in [0.1, 0.15) is 10.7 Å². The minimum atomic E-state index is -1.28. The Kier molecular flexibility index (Phi) is 6.59. The van der Waals surface area contributed by atoms with Crippen molar-refractivity contribution in [2.45, 2.75) is 11.4 Å². The second-order valence-electron chi connectivity index (χ2n) is 7.65. The van der Waals surface area contributed by atoms with Crippen LogP contribution in [-0.4, -0.2) is 60.9 Å². The number of nitrogen functional groups attached to an aromatic ring is 1. The number of amides is 2. The zero-order valence-electron chi connectivity index (χ0n) is 18.3. The molecule has 2 atom stereocenters. The van der Waals surface area contributed by atoms with E-state index in [-0.39, 0.29) is 16.7 Å². The lowest BCUT2D eigenvalue weighted by Gasteiger charge is -2.50. The number of anilines is 1. The zero-order valence-corrected chi connectivity index (χ0v) is 21.6. The maximum atomic E-state index is 13.1. The predicted octanol–water partition coefficient (Wildman–Crippen LogP) is 0.692. The number of oxime groups is 1. The third kappa shape index (κ3) is 4.29. The molecule has 0 aliphatic carbocycles. The summed E-state index contributed by atoms with van der Waals surface area (Å²) in [5.74, 6) is -1.10. The minimum Gasteiger partial charge on any atom is -0.735 e. The lowest BCUT2D eigenvalue weighted by molar-refractivity contribution is -0.670. The summed E-state index contributed by atoms with van der Waals surface area (Å²) in [4.78, 5) is 48.9. The van der Waals surface area contributed by atoms with Gasteiger partial charge in [-0.3, -0.25) is 14.5 Å². The Balaban J connectivity index is 1.41. The number of hydrogen-bond acceptors (Lipinski definition) is 12. The van der Waals surface area contributed by atoms with Crippen LogP contribution in [0.5, 0.6) is 0 Å². The molecule has 11 nitrogen and oxygen atoms in total. The van der Waals surface area contributed by atoms with Crippen LogP contribution in [0.25, 0.3) is 15.7 Å². The monoisotopic (exact) mass is 565 g/mol. The van der Waals surface area contributed by atoms with Crippen LogP contribution in [0, 0.1) is 0 Å². The maximum absolute atomic E-state index is 13.1. The summed E-state index contributed by atoms with van der Waals surface area (Å²) >= 11 is 8.71. The maximum Gasteiger partial charge on any atom is 0.278 e. The van der Waals surface area contributed by atoms with E-state index >= 15 is 0 Å². The summed E-state index contributed by atoms with van der Waals surface area (Å²) < 4.78 is 19.4. The summed E-state index contributed by atoms with van der Waals surface area (Å²) in [5.41, 5.74) is 5.95. The molecular formula is C20H16FN7O4S4. The van der Waals surface area contributed by atoms with E-state index in [0.29, 0.717) is 11.3 Å². The number of pyridine rings is 1. The number of carbonyl (C=O) groups is 3. The second-order valence-corrected chi connectivity index (χ2v) is 11.0. The topological polar surface area (TPSA) is 144 Å². The van der Waals surface area contributed by atoms with E-state index in [1.54, 1.807) is 0 Å². The number of aromatic nitrogens is 3. The van der Waals surface area contributed by atoms with Gasteiger partial charge in [-0.1, -0.05) is 5.16 Å². The van der Waals surface area contributed by atoms with Crippen molar-refractivity contribution >= 4 is 90.7 Å². The van der Waals surface area contributed by atoms with Gasteiger partial charge in [0.2, 0.25) is 11.5 Å². The molecule has 0 aromatic carbocycles. The summed E-state index contributed by atoms with van der Waals surface area (Å²) in [6.45, 7) is -1.28. The Morgan fingerprint density at radius 3 is 2.97 bits per heavy atom. The number of nitrogens with zero attached hydrogens (tertiary/aromatic N) is 5. The lowest BCUT2D eigenvalue weighted by atomic mass is 10.0. The number of β-lactam (4-membered cyclic amide) rings is 1. The number of hydrogen-bond donors (Lipinski definition) is 2. The molecule has 0 spiro atoms. The molecule has 2 aliphatic heterocycles. The van der Waals surface area contributed by atoms with Gasteiger partial charge < -0.3 is 33.3 Å². The van der Waals surface area contributed by atoms with E-state index in [0.717, 1.165) is 26.5 Å². The van der Waals surface area contributed by atoms with Crippen molar-refractivity contribution in [3.8, 4) is 0 Å². The van der Waals surface area contributed by atoms with Crippen LogP contribution in [-0.2, 0) is 38.9 Å². The molecule has 36 heavy (non-hydrogen) atoms. The van der Waals surface area contributed by atoms with Crippen LogP contribution in [0.2, 0.25) is 0 Å². The summed E-state index contributed by atoms with van der Waals surface area (Å²) in [6.07, 6.45) is 3.90. The lowest BCUT2D eigenvalue weighted by Crippen LogP contribution is -2.70. The van der Waals surface area contributed by atoms with Crippen molar-refractivity contribution in [2.75, 3.05) is 18.3 Å². The number of thioether (sulfide) groups is 1. The number of thiophene rings is 1. The molecule has 5 rings (SSSR count). The Bertz CT molecular complexity index is 1470. The van der Waals surface area contributed by atoms with Crippen molar-refractivity contribution in [1.29, 1.82) is 0 Å². The number of rotatable bonds is 7. The van der Waals surface area contributed by atoms with Gasteiger partial charge in [-0.15, -0.1) is 23.1 Å². The highest BCUT2D eigenvalue weighted by molar-refractivity contribution is 8.00. The van der Waals surface area contributed by atoms with Gasteiger partial charge in [-0.05, 0) is 6.07 Å². The fourth-order valence-corrected chi connectivity index (χ4v) is 7.04. The van der Waals surface area contributed by atoms with E-state index in [9.17, 15) is 18.8 Å². The molecule has 2 amide bonds. The fourth-order valence-electron chi connectivity index (χ4n) is 3.86. The van der Waals surface area contributed by atoms with E-state index < -0.39 is 40.9 Å². The average Bonchev–Trinajstić information content (AvgIpc) is 3.47. The Labute approximate surface area is 220 Å². The smallest absolute Gasteiger partial charge is 0.278 e. The minimum absolute atomic E-state index is 0.0701. The molecule has 0 radical (unpaired) electrons. The molecule has 16 heteroatoms. The van der Waals surface area contributed by atoms with Gasteiger partial charge in [0.25, 0.3) is 18.7 Å². The largest absolute Gasteiger partial charge is 0.735 e. The highest BCUT2D eigenvalue weighted by Gasteiger charge is 2.53. The van der Waals surface area contributed by atoms with Gasteiger partial charge in [0.05, 0.1) is 16.2 Å². The normalized spacial score (nSPS) is 19.8. The number of nitrogens with one attached hydrogen (secondary N) is 1. The number of nitrogens with two attached hydrogens (primary N) is 1. The van der Waals surface area contributed by atoms with E-state index in [1.807, 2.05) is 36.1 Å². The van der Waals surface area contributed by atoms with Crippen LogP contribution in [0.3, 0.4) is 0 Å². The first kappa shape index (κ1) is 24.5. The molecule has 5 heterocycles. The molecule has 3 aromatic rings. The van der Waals surface area contributed by atoms with Gasteiger partial charge in [-0.2, -0.15) is 9.36 Å². The number of fused-ring (bicyclic) bond motifs is 2. The Hall–Kier alpha value is -3.21. The SMILES string of the molecule is C[n+]1ccc2sc(C3=C(C(=O)[S-])N4C(=O)[C@@H](NC(=O)/C(=N\OCF)c5nsc(N)n5)[C@H]4SC3)cc2c1. The Morgan fingerprint density at radius 1 is 1.47 bits per heavy atom. The molecule has 3 N–H and O–H groups in total. The number of aryl methyl sites for hydroxylation is 1. The molecule has 3 aromatic heterocycles. The van der Waals surface area contributed by atoms with Crippen LogP contribution >= 0.6 is 34.6 Å². The number of alkyl halides is 1. The molecule has 1 fully saturated rings. The first-order valence-corrected chi connectivity index (χ1v) is 13.3. The molecule has 2 aliphatic rings. The van der Waals surface area contributed by atoms with Gasteiger partial charge in [0, 0.05) is 38.5 Å². The van der Waals surface area contributed by atoms with Crippen LogP contribution < -0.4 is 15.6 Å². The molecular weight excluding hydrogens is 550 g/mol. The zero-order chi connectivity index (χ0) is 25.6. The van der Waals surface area contributed by atoms with Gasteiger partial charge in [-0.25, -0.2) is 8.96 Å². The van der Waals surface area contributed by atoms with Gasteiger partial charge in [0.15, 0.2) is 17.5 Å². The first-order valence-electron chi connectivity index (χ1n) is 10.2. The van der Waals surface area contributed by atoms with Crippen LogP contribution in [0.4, 0.5) is 9.52 Å². The van der Waals surface area contributed by atoms with Crippen molar-refractivity contribution < 1.29 is 28.2 Å². The second kappa shape index (κ2) is 9.68.